The van der Waals surface area contributed by atoms with Crippen LogP contribution < -0.4 is 0 Å². The molecule has 1 aliphatic rings. The Kier molecular flexibility index (Phi) is 4.43. The molecule has 0 bridgehead atoms. The average Bonchev–Trinajstić information content (AvgIpc) is 2.51. The third-order valence-corrected chi connectivity index (χ3v) is 2.64. The summed E-state index contributed by atoms with van der Waals surface area (Å²) in [5.41, 5.74) is 0. The molecule has 0 radical (unpaired) electrons. The average molecular weight is 184 g/mol. The van der Waals surface area contributed by atoms with Crippen LogP contribution in [0, 0.1) is 5.92 Å². The molecule has 1 rings (SSSR count). The lowest BCUT2D eigenvalue weighted by atomic mass is 9.97. The maximum absolute atomic E-state index is 10.8. The fourth-order valence-corrected chi connectivity index (χ4v) is 1.94. The van der Waals surface area contributed by atoms with Crippen molar-refractivity contribution in [3.8, 4) is 0 Å². The molecule has 1 heterocycles. The maximum atomic E-state index is 10.8. The van der Waals surface area contributed by atoms with Gasteiger partial charge < -0.3 is 9.53 Å². The van der Waals surface area contributed by atoms with Crippen LogP contribution in [0.1, 0.15) is 46.0 Å². The summed E-state index contributed by atoms with van der Waals surface area (Å²) in [5.74, 6) is 0.835. The Morgan fingerprint density at radius 1 is 1.62 bits per heavy atom. The van der Waals surface area contributed by atoms with Gasteiger partial charge in [0.1, 0.15) is 5.78 Å². The summed E-state index contributed by atoms with van der Waals surface area (Å²) < 4.78 is 5.52. The van der Waals surface area contributed by atoms with E-state index < -0.39 is 0 Å². The van der Waals surface area contributed by atoms with E-state index in [-0.39, 0.29) is 0 Å². The minimum Gasteiger partial charge on any atom is -0.378 e. The van der Waals surface area contributed by atoms with Crippen molar-refractivity contribution in [1.29, 1.82) is 0 Å². The predicted octanol–water partition coefficient (Wildman–Crippen LogP) is 2.56. The highest BCUT2D eigenvalue weighted by Crippen LogP contribution is 2.20. The molecule has 0 amide bonds. The number of hydrogen-bond acceptors (Lipinski definition) is 2. The third-order valence-electron chi connectivity index (χ3n) is 2.64. The number of ether oxygens (including phenoxy) is 1. The van der Waals surface area contributed by atoms with Crippen molar-refractivity contribution in [2.45, 2.75) is 52.1 Å². The fourth-order valence-electron chi connectivity index (χ4n) is 1.94. The van der Waals surface area contributed by atoms with Gasteiger partial charge in [0.25, 0.3) is 0 Å². The van der Waals surface area contributed by atoms with Crippen LogP contribution >= 0.6 is 0 Å². The lowest BCUT2D eigenvalue weighted by Gasteiger charge is -2.12. The number of Topliss-reactive ketones (excluding diaryl/α,β-unsaturated/α-hetero) is 1. The largest absolute Gasteiger partial charge is 0.378 e. The second-order valence-electron chi connectivity index (χ2n) is 4.22. The summed E-state index contributed by atoms with van der Waals surface area (Å²) in [6.07, 6.45) is 5.90. The minimum atomic E-state index is 0.305. The first-order valence-corrected chi connectivity index (χ1v) is 5.29. The molecular weight excluding hydrogens is 164 g/mol. The van der Waals surface area contributed by atoms with Gasteiger partial charge in [-0.1, -0.05) is 6.92 Å². The van der Waals surface area contributed by atoms with Gasteiger partial charge in [-0.2, -0.15) is 0 Å². The summed E-state index contributed by atoms with van der Waals surface area (Å²) in [5, 5.41) is 0. The standard InChI is InChI=1S/C11H20O2/c1-9(8-10(2)12)5-6-11-4-3-7-13-11/h9,11H,3-8H2,1-2H3. The Hall–Kier alpha value is -0.370. The van der Waals surface area contributed by atoms with E-state index >= 15 is 0 Å². The Labute approximate surface area is 80.7 Å². The molecule has 2 heteroatoms. The molecule has 1 saturated heterocycles. The molecule has 2 atom stereocenters. The number of carbonyl (C=O) groups is 1. The first-order chi connectivity index (χ1) is 6.18. The lowest BCUT2D eigenvalue weighted by molar-refractivity contribution is -0.117. The van der Waals surface area contributed by atoms with Gasteiger partial charge >= 0.3 is 0 Å². The van der Waals surface area contributed by atoms with Gasteiger partial charge in [0.15, 0.2) is 0 Å². The monoisotopic (exact) mass is 184 g/mol. The van der Waals surface area contributed by atoms with Crippen LogP contribution in [0.4, 0.5) is 0 Å². The molecule has 0 aromatic carbocycles. The Balaban J connectivity index is 2.06. The molecule has 0 aromatic heterocycles. The highest BCUT2D eigenvalue weighted by Gasteiger charge is 2.16. The van der Waals surface area contributed by atoms with Crippen LogP contribution in [0.3, 0.4) is 0 Å². The molecular formula is C11H20O2. The topological polar surface area (TPSA) is 26.3 Å². The molecule has 0 spiro atoms. The van der Waals surface area contributed by atoms with E-state index in [0.29, 0.717) is 17.8 Å². The lowest BCUT2D eigenvalue weighted by Crippen LogP contribution is -2.09. The van der Waals surface area contributed by atoms with Gasteiger partial charge in [-0.3, -0.25) is 0 Å². The van der Waals surface area contributed by atoms with Crippen LogP contribution in [0.2, 0.25) is 0 Å². The van der Waals surface area contributed by atoms with E-state index in [4.69, 9.17) is 4.74 Å². The zero-order valence-electron chi connectivity index (χ0n) is 8.71. The van der Waals surface area contributed by atoms with E-state index in [9.17, 15) is 4.79 Å². The van der Waals surface area contributed by atoms with Gasteiger partial charge in [-0.25, -0.2) is 0 Å². The summed E-state index contributed by atoms with van der Waals surface area (Å²) >= 11 is 0. The van der Waals surface area contributed by atoms with E-state index in [0.717, 1.165) is 25.9 Å². The van der Waals surface area contributed by atoms with Gasteiger partial charge in [-0.15, -0.1) is 0 Å². The van der Waals surface area contributed by atoms with Crippen molar-refractivity contribution in [2.75, 3.05) is 6.61 Å². The third kappa shape index (κ3) is 4.41. The second-order valence-corrected chi connectivity index (χ2v) is 4.22. The number of hydrogen-bond donors (Lipinski definition) is 0. The number of rotatable bonds is 5. The van der Waals surface area contributed by atoms with Gasteiger partial charge in [0.05, 0.1) is 6.10 Å². The van der Waals surface area contributed by atoms with Gasteiger partial charge in [0.2, 0.25) is 0 Å². The molecule has 2 unspecified atom stereocenters. The molecule has 13 heavy (non-hydrogen) atoms. The van der Waals surface area contributed by atoms with Crippen molar-refractivity contribution in [1.82, 2.24) is 0 Å². The molecule has 0 aromatic rings. The quantitative estimate of drug-likeness (QED) is 0.656. The molecule has 0 aliphatic carbocycles. The zero-order valence-corrected chi connectivity index (χ0v) is 8.71. The van der Waals surface area contributed by atoms with Crippen molar-refractivity contribution < 1.29 is 9.53 Å². The molecule has 1 aliphatic heterocycles. The molecule has 1 fully saturated rings. The Morgan fingerprint density at radius 3 is 2.92 bits per heavy atom. The maximum Gasteiger partial charge on any atom is 0.130 e. The van der Waals surface area contributed by atoms with Crippen LogP contribution in [0.5, 0.6) is 0 Å². The normalized spacial score (nSPS) is 24.6. The number of carbonyl (C=O) groups excluding carboxylic acids is 1. The van der Waals surface area contributed by atoms with E-state index in [2.05, 4.69) is 6.92 Å². The van der Waals surface area contributed by atoms with E-state index in [1.54, 1.807) is 6.92 Å². The fraction of sp³-hybridized carbons (Fsp3) is 0.909. The molecule has 76 valence electrons. The van der Waals surface area contributed by atoms with Crippen LogP contribution in [-0.2, 0) is 9.53 Å². The highest BCUT2D eigenvalue weighted by molar-refractivity contribution is 5.75. The highest BCUT2D eigenvalue weighted by atomic mass is 16.5. The van der Waals surface area contributed by atoms with Crippen molar-refractivity contribution in [3.63, 3.8) is 0 Å². The van der Waals surface area contributed by atoms with Crippen LogP contribution in [0.25, 0.3) is 0 Å². The Morgan fingerprint density at radius 2 is 2.38 bits per heavy atom. The predicted molar refractivity (Wildman–Crippen MR) is 52.7 cm³/mol. The first-order valence-electron chi connectivity index (χ1n) is 5.29. The molecule has 0 N–H and O–H groups in total. The minimum absolute atomic E-state index is 0.305. The van der Waals surface area contributed by atoms with E-state index in [1.165, 1.54) is 12.8 Å². The van der Waals surface area contributed by atoms with Gasteiger partial charge in [0, 0.05) is 13.0 Å². The summed E-state index contributed by atoms with van der Waals surface area (Å²) in [6, 6.07) is 0. The van der Waals surface area contributed by atoms with Crippen molar-refractivity contribution in [2.24, 2.45) is 5.92 Å². The summed E-state index contributed by atoms with van der Waals surface area (Å²) in [6.45, 7) is 4.75. The second kappa shape index (κ2) is 5.38. The van der Waals surface area contributed by atoms with E-state index in [1.807, 2.05) is 0 Å². The zero-order chi connectivity index (χ0) is 9.68. The van der Waals surface area contributed by atoms with Crippen molar-refractivity contribution >= 4 is 5.78 Å². The molecule has 2 nitrogen and oxygen atoms in total. The number of ketones is 1. The Bertz CT molecular complexity index is 159. The summed E-state index contributed by atoms with van der Waals surface area (Å²) in [4.78, 5) is 10.8. The summed E-state index contributed by atoms with van der Waals surface area (Å²) in [7, 11) is 0. The SMILES string of the molecule is CC(=O)CC(C)CCC1CCCO1. The molecule has 0 saturated carbocycles. The van der Waals surface area contributed by atoms with Crippen LogP contribution in [0.15, 0.2) is 0 Å². The smallest absolute Gasteiger partial charge is 0.130 e. The van der Waals surface area contributed by atoms with Gasteiger partial charge in [-0.05, 0) is 38.5 Å². The van der Waals surface area contributed by atoms with Crippen LogP contribution in [-0.4, -0.2) is 18.5 Å². The van der Waals surface area contributed by atoms with Crippen molar-refractivity contribution in [3.05, 3.63) is 0 Å². The first kappa shape index (κ1) is 10.7.